The van der Waals surface area contributed by atoms with Crippen LogP contribution in [0.25, 0.3) is 0 Å². The van der Waals surface area contributed by atoms with Gasteiger partial charge in [-0.15, -0.1) is 0 Å². The first-order valence-electron chi connectivity index (χ1n) is 6.01. The van der Waals surface area contributed by atoms with Crippen LogP contribution in [-0.2, 0) is 6.18 Å². The van der Waals surface area contributed by atoms with Crippen LogP contribution in [-0.4, -0.2) is 24.3 Å². The van der Waals surface area contributed by atoms with Crippen molar-refractivity contribution in [1.82, 2.24) is 4.81 Å². The van der Waals surface area contributed by atoms with Crippen LogP contribution in [0.15, 0.2) is 24.3 Å². The van der Waals surface area contributed by atoms with E-state index in [0.717, 1.165) is 17.6 Å². The van der Waals surface area contributed by atoms with E-state index >= 15 is 0 Å². The Hall–Kier alpha value is -0.965. The monoisotopic (exact) mass is 256 g/mol. The second-order valence-corrected chi connectivity index (χ2v) is 4.88. The Kier molecular flexibility index (Phi) is 4.85. The molecule has 0 aliphatic carbocycles. The Morgan fingerprint density at radius 3 is 1.72 bits per heavy atom. The van der Waals surface area contributed by atoms with Gasteiger partial charge in [0, 0.05) is 0 Å². The van der Waals surface area contributed by atoms with Crippen molar-refractivity contribution in [1.29, 1.82) is 0 Å². The topological polar surface area (TPSA) is 3.24 Å². The summed E-state index contributed by atoms with van der Waals surface area (Å²) in [5.74, 6) is 0. The number of benzene rings is 1. The minimum Gasteiger partial charge on any atom is -0.338 e. The minimum atomic E-state index is -4.27. The molecule has 1 rings (SSSR count). The smallest absolute Gasteiger partial charge is 0.338 e. The lowest BCUT2D eigenvalue weighted by atomic mass is 9.78. The molecule has 0 spiro atoms. The zero-order valence-electron chi connectivity index (χ0n) is 11.1. The van der Waals surface area contributed by atoms with Gasteiger partial charge in [0.05, 0.1) is 5.56 Å². The fourth-order valence-corrected chi connectivity index (χ4v) is 1.82. The summed E-state index contributed by atoms with van der Waals surface area (Å²) in [5, 5.41) is 0. The molecule has 0 heterocycles. The Morgan fingerprint density at radius 1 is 0.944 bits per heavy atom. The average molecular weight is 256 g/mol. The van der Waals surface area contributed by atoms with Crippen molar-refractivity contribution in [2.24, 2.45) is 0 Å². The molecule has 0 saturated heterocycles. The predicted molar refractivity (Wildman–Crippen MR) is 68.9 cm³/mol. The molecule has 0 amide bonds. The summed E-state index contributed by atoms with van der Waals surface area (Å²) in [6, 6.07) is 5.86. The van der Waals surface area contributed by atoms with Crippen LogP contribution in [0.3, 0.4) is 0 Å². The quantitative estimate of drug-likeness (QED) is 0.748. The molecule has 0 saturated carbocycles. The van der Waals surface area contributed by atoms with E-state index in [0.29, 0.717) is 12.1 Å². The molecule has 5 heteroatoms. The Labute approximate surface area is 107 Å². The maximum Gasteiger partial charge on any atom is 0.416 e. The van der Waals surface area contributed by atoms with Gasteiger partial charge in [0.2, 0.25) is 7.41 Å². The maximum atomic E-state index is 12.4. The van der Waals surface area contributed by atoms with Gasteiger partial charge in [-0.1, -0.05) is 57.4 Å². The van der Waals surface area contributed by atoms with Crippen molar-refractivity contribution < 1.29 is 13.2 Å². The summed E-state index contributed by atoms with van der Waals surface area (Å²) in [4.78, 5) is 2.11. The van der Waals surface area contributed by atoms with Gasteiger partial charge in [0.15, 0.2) is 0 Å². The lowest BCUT2D eigenvalue weighted by Gasteiger charge is -2.30. The molecule has 1 nitrogen and oxygen atoms in total. The Balaban J connectivity index is 2.80. The lowest BCUT2D eigenvalue weighted by molar-refractivity contribution is -0.137. The first-order valence-corrected chi connectivity index (χ1v) is 6.01. The van der Waals surface area contributed by atoms with Gasteiger partial charge in [-0.3, -0.25) is 0 Å². The van der Waals surface area contributed by atoms with Crippen molar-refractivity contribution >= 4 is 12.9 Å². The summed E-state index contributed by atoms with van der Waals surface area (Å²) >= 11 is 0. The SMILES string of the molecule is CC(C)N([B]c1ccc(C(F)(F)F)cc1)C(C)C. The third-order valence-electron chi connectivity index (χ3n) is 2.73. The zero-order chi connectivity index (χ0) is 13.9. The van der Waals surface area contributed by atoms with Crippen LogP contribution in [0.4, 0.5) is 13.2 Å². The largest absolute Gasteiger partial charge is 0.416 e. The van der Waals surface area contributed by atoms with Gasteiger partial charge in [-0.05, 0) is 12.1 Å². The highest BCUT2D eigenvalue weighted by atomic mass is 19.4. The average Bonchev–Trinajstić information content (AvgIpc) is 2.24. The molecule has 99 valence electrons. The molecule has 1 radical (unpaired) electrons. The van der Waals surface area contributed by atoms with E-state index in [4.69, 9.17) is 0 Å². The first-order chi connectivity index (χ1) is 8.21. The van der Waals surface area contributed by atoms with Gasteiger partial charge in [-0.25, -0.2) is 0 Å². The molecule has 0 aliphatic heterocycles. The Bertz CT molecular complexity index is 363. The second-order valence-electron chi connectivity index (χ2n) is 4.88. The van der Waals surface area contributed by atoms with Crippen molar-refractivity contribution in [3.8, 4) is 0 Å². The van der Waals surface area contributed by atoms with E-state index in [1.165, 1.54) is 12.1 Å². The molecule has 1 aromatic carbocycles. The molecule has 0 aliphatic rings. The Morgan fingerprint density at radius 2 is 1.39 bits per heavy atom. The summed E-state index contributed by atoms with van der Waals surface area (Å²) in [6.07, 6.45) is -4.27. The van der Waals surface area contributed by atoms with E-state index < -0.39 is 11.7 Å². The van der Waals surface area contributed by atoms with Gasteiger partial charge in [0.25, 0.3) is 0 Å². The van der Waals surface area contributed by atoms with Crippen LogP contribution < -0.4 is 5.46 Å². The summed E-state index contributed by atoms with van der Waals surface area (Å²) in [5.41, 5.74) is 0.172. The first kappa shape index (κ1) is 15.1. The van der Waals surface area contributed by atoms with Gasteiger partial charge in [-0.2, -0.15) is 13.2 Å². The molecular formula is C13H18BF3N. The number of alkyl halides is 3. The normalized spacial score (nSPS) is 12.6. The van der Waals surface area contributed by atoms with Gasteiger partial charge in [0.1, 0.15) is 0 Å². The number of hydrogen-bond donors (Lipinski definition) is 0. The molecule has 0 N–H and O–H groups in total. The van der Waals surface area contributed by atoms with Crippen LogP contribution >= 0.6 is 0 Å². The number of halogens is 3. The van der Waals surface area contributed by atoms with Crippen LogP contribution in [0, 0.1) is 0 Å². The fourth-order valence-electron chi connectivity index (χ4n) is 1.82. The molecule has 0 bridgehead atoms. The van der Waals surface area contributed by atoms with E-state index in [9.17, 15) is 13.2 Å². The van der Waals surface area contributed by atoms with Crippen LogP contribution in [0.2, 0.25) is 0 Å². The summed E-state index contributed by atoms with van der Waals surface area (Å²) in [6.45, 7) is 8.22. The highest BCUT2D eigenvalue weighted by Crippen LogP contribution is 2.28. The fraction of sp³-hybridized carbons (Fsp3) is 0.538. The van der Waals surface area contributed by atoms with Gasteiger partial charge < -0.3 is 4.81 Å². The third kappa shape index (κ3) is 4.05. The number of rotatable bonds is 4. The highest BCUT2D eigenvalue weighted by Gasteiger charge is 2.30. The molecule has 1 aromatic rings. The zero-order valence-corrected chi connectivity index (χ0v) is 11.1. The summed E-state index contributed by atoms with van der Waals surface area (Å²) in [7, 11) is 1.90. The molecular weight excluding hydrogens is 238 g/mol. The van der Waals surface area contributed by atoms with Crippen LogP contribution in [0.1, 0.15) is 33.3 Å². The standard InChI is InChI=1S/C13H18BF3N/c1-9(2)18(10(3)4)14-12-7-5-11(6-8-12)13(15,16)17/h5-10H,1-4H3. The molecule has 0 unspecified atom stereocenters. The molecule has 0 atom stereocenters. The second kappa shape index (κ2) is 5.78. The maximum absolute atomic E-state index is 12.4. The van der Waals surface area contributed by atoms with Crippen LogP contribution in [0.5, 0.6) is 0 Å². The summed E-state index contributed by atoms with van der Waals surface area (Å²) < 4.78 is 37.3. The van der Waals surface area contributed by atoms with Crippen molar-refractivity contribution in [3.63, 3.8) is 0 Å². The molecule has 18 heavy (non-hydrogen) atoms. The highest BCUT2D eigenvalue weighted by molar-refractivity contribution is 6.50. The van der Waals surface area contributed by atoms with E-state index in [-0.39, 0.29) is 0 Å². The number of hydrogen-bond acceptors (Lipinski definition) is 1. The van der Waals surface area contributed by atoms with Crippen molar-refractivity contribution in [2.75, 3.05) is 0 Å². The third-order valence-corrected chi connectivity index (χ3v) is 2.73. The van der Waals surface area contributed by atoms with E-state index in [1.54, 1.807) is 0 Å². The molecule has 0 fully saturated rings. The van der Waals surface area contributed by atoms with Gasteiger partial charge >= 0.3 is 6.18 Å². The van der Waals surface area contributed by atoms with E-state index in [2.05, 4.69) is 32.5 Å². The van der Waals surface area contributed by atoms with Crippen molar-refractivity contribution in [2.45, 2.75) is 46.0 Å². The van der Waals surface area contributed by atoms with Crippen molar-refractivity contribution in [3.05, 3.63) is 29.8 Å². The number of nitrogens with zero attached hydrogens (tertiary/aromatic N) is 1. The van der Waals surface area contributed by atoms with E-state index in [1.807, 2.05) is 7.41 Å². The lowest BCUT2D eigenvalue weighted by Crippen LogP contribution is -2.45. The molecule has 0 aromatic heterocycles. The predicted octanol–water partition coefficient (Wildman–Crippen LogP) is 3.07. The minimum absolute atomic E-state index is 0.312.